The van der Waals surface area contributed by atoms with E-state index in [9.17, 15) is 5.53 Å². The van der Waals surface area contributed by atoms with Gasteiger partial charge in [-0.3, -0.25) is 0 Å². The first-order valence-electron chi connectivity index (χ1n) is 38.2. The minimum atomic E-state index is 0. The van der Waals surface area contributed by atoms with Crippen molar-refractivity contribution in [2.75, 3.05) is 0 Å². The molecule has 1 aliphatic rings. The summed E-state index contributed by atoms with van der Waals surface area (Å²) in [7, 11) is 0. The predicted molar refractivity (Wildman–Crippen MR) is 381 cm³/mol. The Morgan fingerprint density at radius 2 is 0.506 bits per heavy atom. The Morgan fingerprint density at radius 1 is 0.282 bits per heavy atom. The maximum absolute atomic E-state index is 11.7. The molecule has 2 aromatic rings. The number of rotatable bonds is 57. The topological polar surface area (TPSA) is 25.3 Å². The van der Waals surface area contributed by atoms with Gasteiger partial charge in [0.25, 0.3) is 0 Å². The first kappa shape index (κ1) is 83.0. The molecule has 0 N–H and O–H groups in total. The average molecular weight is 1220 g/mol. The Balaban J connectivity index is 0.00000131. The van der Waals surface area contributed by atoms with Gasteiger partial charge in [0.05, 0.1) is 0 Å². The number of nitrogens with zero attached hydrogens (tertiary/aromatic N) is 2. The standard InChI is InChI=1S/C36H52N2.2C23H47.Ni/c1-6-11-15-19-30-21-28(17-13-8-3)23-33(24-30)35-27-32(10-5)36(38(35)37)34-25-29(18-14-9-4)22-31(26-34)20-16-12-7-2;2*1-3-5-7-9-11-13-15-17-19-21-23-22-20-18-16-14-12-10-8-6-4-2;/h21-27H,6-20H2,1-5H3;2*1,3-23H2,2H3;/q;2*-1;+2. The molecule has 494 valence electrons. The smallest absolute Gasteiger partial charge is 0.493 e. The van der Waals surface area contributed by atoms with Crippen molar-refractivity contribution in [3.8, 4) is 0 Å². The van der Waals surface area contributed by atoms with Crippen molar-refractivity contribution < 1.29 is 21.2 Å². The molecule has 0 aromatic heterocycles. The van der Waals surface area contributed by atoms with Crippen LogP contribution in [0, 0.1) is 13.8 Å². The van der Waals surface area contributed by atoms with Crippen LogP contribution in [0.5, 0.6) is 0 Å². The summed E-state index contributed by atoms with van der Waals surface area (Å²) in [4.78, 5) is 0. The monoisotopic (exact) mass is 1220 g/mol. The van der Waals surface area contributed by atoms with Crippen molar-refractivity contribution in [1.82, 2.24) is 0 Å². The van der Waals surface area contributed by atoms with E-state index in [1.54, 1.807) is 0 Å². The molecular weight excluding hydrogens is 1070 g/mol. The van der Waals surface area contributed by atoms with Crippen LogP contribution in [0.1, 0.15) is 422 Å². The zero-order valence-corrected chi connectivity index (χ0v) is 59.5. The van der Waals surface area contributed by atoms with E-state index in [2.05, 4.69) is 105 Å². The van der Waals surface area contributed by atoms with Gasteiger partial charge < -0.3 is 19.4 Å². The maximum atomic E-state index is 11.7. The molecule has 2 aromatic carbocycles. The first-order valence-corrected chi connectivity index (χ1v) is 38.2. The Hall–Kier alpha value is -1.99. The quantitative estimate of drug-likeness (QED) is 0.0273. The van der Waals surface area contributed by atoms with Crippen LogP contribution in [0.3, 0.4) is 0 Å². The van der Waals surface area contributed by atoms with Crippen molar-refractivity contribution in [3.05, 3.63) is 101 Å². The minimum absolute atomic E-state index is 0. The summed E-state index contributed by atoms with van der Waals surface area (Å²) in [5, 5.41) is 0. The second-order valence-electron chi connectivity index (χ2n) is 26.4. The largest absolute Gasteiger partial charge is 2.00 e. The van der Waals surface area contributed by atoms with E-state index in [4.69, 9.17) is 0 Å². The van der Waals surface area contributed by atoms with Crippen molar-refractivity contribution in [1.29, 1.82) is 0 Å². The number of benzene rings is 2. The van der Waals surface area contributed by atoms with Crippen LogP contribution in [0.4, 0.5) is 0 Å². The fraction of sp³-hybridized carbons (Fsp3) is 0.780. The summed E-state index contributed by atoms with van der Waals surface area (Å²) in [5.41, 5.74) is 22.8. The number of unbranched alkanes of at least 4 members (excludes halogenated alkanes) is 46. The molecule has 0 aliphatic carbocycles. The summed E-state index contributed by atoms with van der Waals surface area (Å²) >= 11 is 0. The molecule has 0 atom stereocenters. The van der Waals surface area contributed by atoms with E-state index >= 15 is 0 Å². The van der Waals surface area contributed by atoms with Crippen LogP contribution in [0.25, 0.3) is 16.9 Å². The number of hydrogen-bond donors (Lipinski definition) is 0. The van der Waals surface area contributed by atoms with E-state index in [0.717, 1.165) is 61.9 Å². The molecule has 3 rings (SSSR count). The van der Waals surface area contributed by atoms with Gasteiger partial charge in [-0.25, -0.2) is 4.70 Å². The third kappa shape index (κ3) is 46.7. The minimum Gasteiger partial charge on any atom is -0.493 e. The van der Waals surface area contributed by atoms with Gasteiger partial charge in [0.15, 0.2) is 0 Å². The van der Waals surface area contributed by atoms with Gasteiger partial charge in [-0.15, -0.1) is 0 Å². The molecule has 0 fully saturated rings. The van der Waals surface area contributed by atoms with Crippen molar-refractivity contribution in [2.24, 2.45) is 0 Å². The third-order valence-corrected chi connectivity index (χ3v) is 18.1. The van der Waals surface area contributed by atoms with Crippen molar-refractivity contribution in [2.45, 2.75) is 414 Å². The van der Waals surface area contributed by atoms with Crippen molar-refractivity contribution >= 4 is 11.4 Å². The van der Waals surface area contributed by atoms with Crippen LogP contribution in [0.2, 0.25) is 0 Å². The summed E-state index contributed by atoms with van der Waals surface area (Å²) in [5.74, 6) is 0. The van der Waals surface area contributed by atoms with Crippen molar-refractivity contribution in [3.63, 3.8) is 0 Å². The van der Waals surface area contributed by atoms with E-state index in [1.165, 1.54) is 359 Å². The fourth-order valence-corrected chi connectivity index (χ4v) is 12.5. The number of aryl methyl sites for hydroxylation is 4. The molecule has 3 heteroatoms. The Labute approximate surface area is 544 Å². The molecule has 0 unspecified atom stereocenters. The van der Waals surface area contributed by atoms with Gasteiger partial charge in [-0.1, -0.05) is 356 Å². The Bertz CT molecular complexity index is 1740. The third-order valence-electron chi connectivity index (χ3n) is 18.1. The Kier molecular flexibility index (Phi) is 62.1. The zero-order valence-electron chi connectivity index (χ0n) is 58.5. The average Bonchev–Trinajstić information content (AvgIpc) is 3.60. The summed E-state index contributed by atoms with van der Waals surface area (Å²) in [6, 6.07) is 14.1. The van der Waals surface area contributed by atoms with Gasteiger partial charge in [0, 0.05) is 22.8 Å². The SMILES string of the molecule is CCCCCc1cc(CCCC)cc(C2=CC(CC)=C(c3cc(CCCC)cc(CCCCC)c3)[N+]2=[N-])c1.[CH2-]CCCCCCCCCCCCCCCCCCCCCC.[CH2-]CCCCCCCCCCCCCCCCCCCCCC.[Ni+2]. The number of hydrogen-bond acceptors (Lipinski definition) is 0. The molecule has 1 aliphatic heterocycles. The normalized spacial score (nSPS) is 12.1. The summed E-state index contributed by atoms with van der Waals surface area (Å²) in [6.45, 7) is 23.7. The number of allylic oxidation sites excluding steroid dienone is 2. The molecule has 0 spiro atoms. The molecule has 0 saturated carbocycles. The first-order chi connectivity index (χ1) is 41.4. The maximum Gasteiger partial charge on any atom is 2.00 e. The van der Waals surface area contributed by atoms with Crippen LogP contribution < -0.4 is 0 Å². The fourth-order valence-electron chi connectivity index (χ4n) is 12.5. The summed E-state index contributed by atoms with van der Waals surface area (Å²) in [6.07, 6.45) is 80.4. The second kappa shape index (κ2) is 63.6. The molecular formula is C82H146N2Ni. The van der Waals surface area contributed by atoms with Gasteiger partial charge in [-0.2, -0.15) is 12.8 Å². The van der Waals surface area contributed by atoms with Crippen LogP contribution in [-0.2, 0) is 42.2 Å². The molecule has 2 nitrogen and oxygen atoms in total. The van der Waals surface area contributed by atoms with E-state index in [0.29, 0.717) is 0 Å². The van der Waals surface area contributed by atoms with E-state index in [-0.39, 0.29) is 16.5 Å². The predicted octanol–water partition coefficient (Wildman–Crippen LogP) is 29.1. The molecule has 0 amide bonds. The molecule has 85 heavy (non-hydrogen) atoms. The van der Waals surface area contributed by atoms with Gasteiger partial charge in [-0.05, 0) is 104 Å². The van der Waals surface area contributed by atoms with Gasteiger partial charge >= 0.3 is 16.5 Å². The van der Waals surface area contributed by atoms with E-state index < -0.39 is 0 Å². The molecule has 1 heterocycles. The van der Waals surface area contributed by atoms with Gasteiger partial charge in [0.1, 0.15) is 0 Å². The second-order valence-corrected chi connectivity index (χ2v) is 26.4. The molecule has 0 radical (unpaired) electrons. The van der Waals surface area contributed by atoms with Crippen LogP contribution in [-0.4, -0.2) is 4.70 Å². The molecule has 0 bridgehead atoms. The van der Waals surface area contributed by atoms with Crippen LogP contribution >= 0.6 is 0 Å². The Morgan fingerprint density at radius 3 is 0.753 bits per heavy atom. The van der Waals surface area contributed by atoms with Gasteiger partial charge in [0.2, 0.25) is 11.4 Å². The van der Waals surface area contributed by atoms with E-state index in [1.807, 2.05) is 0 Å². The van der Waals surface area contributed by atoms with Crippen LogP contribution in [0.15, 0.2) is 48.0 Å². The summed E-state index contributed by atoms with van der Waals surface area (Å²) < 4.78 is 1.50. The zero-order chi connectivity index (χ0) is 61.0. The molecule has 0 saturated heterocycles.